The van der Waals surface area contributed by atoms with Crippen LogP contribution in [0.15, 0.2) is 30.5 Å². The molecule has 116 valence electrons. The van der Waals surface area contributed by atoms with Crippen LogP contribution in [0.5, 0.6) is 0 Å². The van der Waals surface area contributed by atoms with Crippen LogP contribution in [0.1, 0.15) is 18.9 Å². The van der Waals surface area contributed by atoms with Crippen molar-refractivity contribution < 1.29 is 9.47 Å². The molecule has 21 heavy (non-hydrogen) atoms. The average molecular weight is 290 g/mol. The van der Waals surface area contributed by atoms with Gasteiger partial charge in [-0.25, -0.2) is 0 Å². The predicted octanol–water partition coefficient (Wildman–Crippen LogP) is 2.80. The van der Waals surface area contributed by atoms with E-state index in [0.29, 0.717) is 0 Å². The standard InChI is InChI=1S/C17H26N2O2/c1-3-21-11-4-9-19-10-7-16-13-15(5-6-17(16)19)14-18-8-12-20-2/h5-7,10,13,18H,3-4,8-9,11-12,14H2,1-2H3. The molecule has 2 rings (SSSR count). The molecule has 0 unspecified atom stereocenters. The highest BCUT2D eigenvalue weighted by Gasteiger charge is 2.02. The minimum Gasteiger partial charge on any atom is -0.383 e. The third-order valence-corrected chi connectivity index (χ3v) is 3.54. The molecule has 1 heterocycles. The van der Waals surface area contributed by atoms with Crippen LogP contribution in [0.3, 0.4) is 0 Å². The zero-order valence-corrected chi connectivity index (χ0v) is 13.1. The van der Waals surface area contributed by atoms with Crippen LogP contribution in [-0.2, 0) is 22.6 Å². The van der Waals surface area contributed by atoms with Crippen LogP contribution < -0.4 is 5.32 Å². The molecule has 0 aliphatic rings. The Bertz CT molecular complexity index is 537. The van der Waals surface area contributed by atoms with E-state index in [2.05, 4.69) is 40.3 Å². The van der Waals surface area contributed by atoms with Crippen LogP contribution >= 0.6 is 0 Å². The average Bonchev–Trinajstić information content (AvgIpc) is 2.91. The molecule has 0 spiro atoms. The largest absolute Gasteiger partial charge is 0.383 e. The van der Waals surface area contributed by atoms with Crippen molar-refractivity contribution in [2.24, 2.45) is 0 Å². The van der Waals surface area contributed by atoms with Crippen LogP contribution in [-0.4, -0.2) is 38.0 Å². The van der Waals surface area contributed by atoms with Crippen molar-refractivity contribution in [1.29, 1.82) is 0 Å². The second-order valence-corrected chi connectivity index (χ2v) is 5.12. The zero-order valence-electron chi connectivity index (χ0n) is 13.1. The summed E-state index contributed by atoms with van der Waals surface area (Å²) in [5.41, 5.74) is 2.61. The van der Waals surface area contributed by atoms with Gasteiger partial charge >= 0.3 is 0 Å². The molecule has 0 radical (unpaired) electrons. The first kappa shape index (κ1) is 16.0. The number of hydrogen-bond acceptors (Lipinski definition) is 3. The Labute approximate surface area is 127 Å². The van der Waals surface area contributed by atoms with Gasteiger partial charge in [0.1, 0.15) is 0 Å². The van der Waals surface area contributed by atoms with E-state index in [1.165, 1.54) is 16.5 Å². The van der Waals surface area contributed by atoms with Gasteiger partial charge in [0.2, 0.25) is 0 Å². The van der Waals surface area contributed by atoms with E-state index >= 15 is 0 Å². The summed E-state index contributed by atoms with van der Waals surface area (Å²) in [7, 11) is 1.72. The predicted molar refractivity (Wildman–Crippen MR) is 86.6 cm³/mol. The Morgan fingerprint density at radius 1 is 1.19 bits per heavy atom. The number of benzene rings is 1. The molecule has 0 aliphatic carbocycles. The van der Waals surface area contributed by atoms with Gasteiger partial charge in [0.05, 0.1) is 6.61 Å². The summed E-state index contributed by atoms with van der Waals surface area (Å²) in [6.07, 6.45) is 3.22. The van der Waals surface area contributed by atoms with Gasteiger partial charge in [-0.2, -0.15) is 0 Å². The number of methoxy groups -OCH3 is 1. The van der Waals surface area contributed by atoms with Gasteiger partial charge in [0.25, 0.3) is 0 Å². The van der Waals surface area contributed by atoms with E-state index in [4.69, 9.17) is 9.47 Å². The van der Waals surface area contributed by atoms with Crippen molar-refractivity contribution in [2.75, 3.05) is 33.5 Å². The highest BCUT2D eigenvalue weighted by Crippen LogP contribution is 2.18. The van der Waals surface area contributed by atoms with Crippen LogP contribution in [0.25, 0.3) is 10.9 Å². The molecule has 0 saturated carbocycles. The fourth-order valence-corrected chi connectivity index (χ4v) is 2.44. The normalized spacial score (nSPS) is 11.3. The third kappa shape index (κ3) is 4.84. The number of fused-ring (bicyclic) bond motifs is 1. The lowest BCUT2D eigenvalue weighted by molar-refractivity contribution is 0.142. The number of nitrogens with zero attached hydrogens (tertiary/aromatic N) is 1. The number of rotatable bonds is 10. The fourth-order valence-electron chi connectivity index (χ4n) is 2.44. The third-order valence-electron chi connectivity index (χ3n) is 3.54. The molecule has 1 aromatic carbocycles. The molecule has 0 aliphatic heterocycles. The molecule has 0 bridgehead atoms. The summed E-state index contributed by atoms with van der Waals surface area (Å²) in [5.74, 6) is 0. The first-order chi connectivity index (χ1) is 10.3. The van der Waals surface area contributed by atoms with Crippen LogP contribution in [0, 0.1) is 0 Å². The number of aryl methyl sites for hydroxylation is 1. The lowest BCUT2D eigenvalue weighted by Crippen LogP contribution is -2.18. The molecule has 0 atom stereocenters. The van der Waals surface area contributed by atoms with E-state index in [1.807, 2.05) is 6.92 Å². The van der Waals surface area contributed by atoms with Crippen LogP contribution in [0.4, 0.5) is 0 Å². The maximum Gasteiger partial charge on any atom is 0.0587 e. The number of aromatic nitrogens is 1. The van der Waals surface area contributed by atoms with E-state index in [0.717, 1.165) is 45.9 Å². The van der Waals surface area contributed by atoms with Crippen molar-refractivity contribution in [3.8, 4) is 0 Å². The van der Waals surface area contributed by atoms with Gasteiger partial charge < -0.3 is 19.4 Å². The second kappa shape index (κ2) is 8.82. The number of ether oxygens (including phenoxy) is 2. The molecule has 1 aromatic heterocycles. The summed E-state index contributed by atoms with van der Waals surface area (Å²) in [6, 6.07) is 8.85. The van der Waals surface area contributed by atoms with E-state index in [9.17, 15) is 0 Å². The zero-order chi connectivity index (χ0) is 14.9. The van der Waals surface area contributed by atoms with Gasteiger partial charge in [-0.3, -0.25) is 0 Å². The quantitative estimate of drug-likeness (QED) is 0.683. The van der Waals surface area contributed by atoms with Crippen LogP contribution in [0.2, 0.25) is 0 Å². The minimum atomic E-state index is 0.748. The Morgan fingerprint density at radius 2 is 2.10 bits per heavy atom. The summed E-state index contributed by atoms with van der Waals surface area (Å²) in [5, 5.41) is 4.68. The monoisotopic (exact) mass is 290 g/mol. The Kier molecular flexibility index (Phi) is 6.73. The lowest BCUT2D eigenvalue weighted by Gasteiger charge is -2.07. The summed E-state index contributed by atoms with van der Waals surface area (Å²) in [4.78, 5) is 0. The summed E-state index contributed by atoms with van der Waals surface area (Å²) in [6.45, 7) is 7.19. The molecule has 4 nitrogen and oxygen atoms in total. The van der Waals surface area contributed by atoms with E-state index < -0.39 is 0 Å². The molecule has 2 aromatic rings. The SMILES string of the molecule is CCOCCCn1ccc2cc(CNCCOC)ccc21. The topological polar surface area (TPSA) is 35.4 Å². The molecule has 0 amide bonds. The summed E-state index contributed by atoms with van der Waals surface area (Å²) >= 11 is 0. The van der Waals surface area contributed by atoms with Gasteiger partial charge in [0, 0.05) is 51.7 Å². The Morgan fingerprint density at radius 3 is 2.90 bits per heavy atom. The van der Waals surface area contributed by atoms with Crippen molar-refractivity contribution in [3.63, 3.8) is 0 Å². The highest BCUT2D eigenvalue weighted by atomic mass is 16.5. The van der Waals surface area contributed by atoms with E-state index in [-0.39, 0.29) is 0 Å². The van der Waals surface area contributed by atoms with Crippen molar-refractivity contribution >= 4 is 10.9 Å². The van der Waals surface area contributed by atoms with Gasteiger partial charge in [0.15, 0.2) is 0 Å². The number of hydrogen-bond donors (Lipinski definition) is 1. The van der Waals surface area contributed by atoms with Gasteiger partial charge in [-0.1, -0.05) is 6.07 Å². The molecule has 1 N–H and O–H groups in total. The molecule has 0 fully saturated rings. The Balaban J connectivity index is 1.91. The van der Waals surface area contributed by atoms with Gasteiger partial charge in [-0.15, -0.1) is 0 Å². The fraction of sp³-hybridized carbons (Fsp3) is 0.529. The van der Waals surface area contributed by atoms with E-state index in [1.54, 1.807) is 7.11 Å². The van der Waals surface area contributed by atoms with Crippen molar-refractivity contribution in [1.82, 2.24) is 9.88 Å². The van der Waals surface area contributed by atoms with Crippen molar-refractivity contribution in [2.45, 2.75) is 26.4 Å². The highest BCUT2D eigenvalue weighted by molar-refractivity contribution is 5.80. The lowest BCUT2D eigenvalue weighted by atomic mass is 10.1. The number of nitrogens with one attached hydrogen (secondary N) is 1. The first-order valence-electron chi connectivity index (χ1n) is 7.70. The Hall–Kier alpha value is -1.36. The smallest absolute Gasteiger partial charge is 0.0587 e. The van der Waals surface area contributed by atoms with Gasteiger partial charge in [-0.05, 0) is 42.5 Å². The maximum absolute atomic E-state index is 5.40. The molecular weight excluding hydrogens is 264 g/mol. The molecular formula is C17H26N2O2. The molecule has 4 heteroatoms. The maximum atomic E-state index is 5.40. The first-order valence-corrected chi connectivity index (χ1v) is 7.70. The molecule has 0 saturated heterocycles. The van der Waals surface area contributed by atoms with Crippen molar-refractivity contribution in [3.05, 3.63) is 36.0 Å². The minimum absolute atomic E-state index is 0.748. The second-order valence-electron chi connectivity index (χ2n) is 5.12. The summed E-state index contributed by atoms with van der Waals surface area (Å²) < 4.78 is 12.7.